The van der Waals surface area contributed by atoms with Crippen LogP contribution in [0.4, 0.5) is 5.69 Å². The van der Waals surface area contributed by atoms with Crippen LogP contribution in [0.25, 0.3) is 0 Å². The Morgan fingerprint density at radius 2 is 1.94 bits per heavy atom. The van der Waals surface area contributed by atoms with Crippen LogP contribution in [0.15, 0.2) is 24.3 Å². The standard InChI is InChI=1S/C16H26N2/c1-3-15-6-4-5-7-16(15)18(2)13-10-14-8-11-17-12-9-14/h4-7,14,17H,3,8-13H2,1-2H3. The Kier molecular flexibility index (Phi) is 5.06. The third-order valence-electron chi connectivity index (χ3n) is 4.12. The van der Waals surface area contributed by atoms with E-state index in [9.17, 15) is 0 Å². The summed E-state index contributed by atoms with van der Waals surface area (Å²) < 4.78 is 0. The molecule has 1 aromatic rings. The molecule has 2 nitrogen and oxygen atoms in total. The van der Waals surface area contributed by atoms with Crippen LogP contribution in [-0.4, -0.2) is 26.7 Å². The zero-order chi connectivity index (χ0) is 12.8. The molecule has 1 aromatic carbocycles. The summed E-state index contributed by atoms with van der Waals surface area (Å²) in [4.78, 5) is 2.43. The zero-order valence-corrected chi connectivity index (χ0v) is 11.8. The van der Waals surface area contributed by atoms with Crippen LogP contribution in [0.1, 0.15) is 31.7 Å². The fourth-order valence-corrected chi connectivity index (χ4v) is 2.85. The number of anilines is 1. The molecule has 0 saturated carbocycles. The Balaban J connectivity index is 1.88. The quantitative estimate of drug-likeness (QED) is 0.859. The number of piperidine rings is 1. The molecule has 100 valence electrons. The van der Waals surface area contributed by atoms with Crippen molar-refractivity contribution in [1.29, 1.82) is 0 Å². The first-order chi connectivity index (χ1) is 8.81. The maximum atomic E-state index is 3.44. The second-order valence-corrected chi connectivity index (χ2v) is 5.39. The Morgan fingerprint density at radius 1 is 1.22 bits per heavy atom. The highest BCUT2D eigenvalue weighted by molar-refractivity contribution is 5.52. The predicted molar refractivity (Wildman–Crippen MR) is 79.3 cm³/mol. The van der Waals surface area contributed by atoms with Crippen LogP contribution in [0, 0.1) is 5.92 Å². The molecular formula is C16H26N2. The number of nitrogens with one attached hydrogen (secondary N) is 1. The molecule has 0 unspecified atom stereocenters. The molecule has 0 spiro atoms. The summed E-state index contributed by atoms with van der Waals surface area (Å²) in [6.07, 6.45) is 5.15. The van der Waals surface area contributed by atoms with Gasteiger partial charge in [-0.3, -0.25) is 0 Å². The average molecular weight is 246 g/mol. The van der Waals surface area contributed by atoms with Gasteiger partial charge in [0, 0.05) is 19.3 Å². The fourth-order valence-electron chi connectivity index (χ4n) is 2.85. The first-order valence-corrected chi connectivity index (χ1v) is 7.31. The Bertz CT molecular complexity index is 356. The topological polar surface area (TPSA) is 15.3 Å². The molecule has 1 N–H and O–H groups in total. The Hall–Kier alpha value is -1.02. The molecule has 1 heterocycles. The second-order valence-electron chi connectivity index (χ2n) is 5.39. The van der Waals surface area contributed by atoms with Gasteiger partial charge in [0.05, 0.1) is 0 Å². The number of para-hydroxylation sites is 1. The maximum absolute atomic E-state index is 3.44. The van der Waals surface area contributed by atoms with Crippen LogP contribution in [0.2, 0.25) is 0 Å². The summed E-state index contributed by atoms with van der Waals surface area (Å²) in [6, 6.07) is 8.79. The molecule has 0 radical (unpaired) electrons. The number of benzene rings is 1. The van der Waals surface area contributed by atoms with Gasteiger partial charge in [-0.25, -0.2) is 0 Å². The van der Waals surface area contributed by atoms with Crippen molar-refractivity contribution in [2.24, 2.45) is 5.92 Å². The lowest BCUT2D eigenvalue weighted by atomic mass is 9.94. The molecule has 0 aliphatic carbocycles. The molecule has 0 atom stereocenters. The predicted octanol–water partition coefficient (Wildman–Crippen LogP) is 3.07. The van der Waals surface area contributed by atoms with Gasteiger partial charge in [-0.2, -0.15) is 0 Å². The summed E-state index contributed by atoms with van der Waals surface area (Å²) >= 11 is 0. The van der Waals surface area contributed by atoms with E-state index in [2.05, 4.69) is 48.5 Å². The summed E-state index contributed by atoms with van der Waals surface area (Å²) in [5.74, 6) is 0.919. The third kappa shape index (κ3) is 3.49. The number of rotatable bonds is 5. The number of hydrogen-bond donors (Lipinski definition) is 1. The first kappa shape index (κ1) is 13.4. The Morgan fingerprint density at radius 3 is 2.67 bits per heavy atom. The molecule has 1 aliphatic heterocycles. The number of nitrogens with zero attached hydrogens (tertiary/aromatic N) is 1. The summed E-state index contributed by atoms with van der Waals surface area (Å²) in [7, 11) is 2.23. The van der Waals surface area contributed by atoms with Gasteiger partial charge >= 0.3 is 0 Å². The van der Waals surface area contributed by atoms with Crippen molar-refractivity contribution in [3.8, 4) is 0 Å². The summed E-state index contributed by atoms with van der Waals surface area (Å²) in [5, 5.41) is 3.44. The van der Waals surface area contributed by atoms with Crippen molar-refractivity contribution in [2.75, 3.05) is 31.6 Å². The van der Waals surface area contributed by atoms with Crippen molar-refractivity contribution < 1.29 is 0 Å². The lowest BCUT2D eigenvalue weighted by molar-refractivity contribution is 0.356. The van der Waals surface area contributed by atoms with Crippen LogP contribution < -0.4 is 10.2 Å². The van der Waals surface area contributed by atoms with Crippen molar-refractivity contribution in [3.05, 3.63) is 29.8 Å². The van der Waals surface area contributed by atoms with E-state index in [4.69, 9.17) is 0 Å². The van der Waals surface area contributed by atoms with Gasteiger partial charge in [0.1, 0.15) is 0 Å². The molecule has 2 rings (SSSR count). The maximum Gasteiger partial charge on any atom is 0.0396 e. The normalized spacial score (nSPS) is 16.8. The number of aryl methyl sites for hydroxylation is 1. The smallest absolute Gasteiger partial charge is 0.0396 e. The van der Waals surface area contributed by atoms with Crippen LogP contribution >= 0.6 is 0 Å². The lowest BCUT2D eigenvalue weighted by Crippen LogP contribution is -2.30. The monoisotopic (exact) mass is 246 g/mol. The van der Waals surface area contributed by atoms with Gasteiger partial charge in [-0.15, -0.1) is 0 Å². The van der Waals surface area contributed by atoms with E-state index in [0.717, 1.165) is 12.3 Å². The van der Waals surface area contributed by atoms with Crippen LogP contribution in [-0.2, 0) is 6.42 Å². The van der Waals surface area contributed by atoms with E-state index < -0.39 is 0 Å². The molecule has 18 heavy (non-hydrogen) atoms. The molecule has 0 amide bonds. The van der Waals surface area contributed by atoms with Crippen LogP contribution in [0.5, 0.6) is 0 Å². The highest BCUT2D eigenvalue weighted by atomic mass is 15.1. The highest BCUT2D eigenvalue weighted by Gasteiger charge is 2.14. The molecule has 1 saturated heterocycles. The minimum atomic E-state index is 0.919. The highest BCUT2D eigenvalue weighted by Crippen LogP contribution is 2.22. The molecule has 1 fully saturated rings. The first-order valence-electron chi connectivity index (χ1n) is 7.31. The molecule has 0 bridgehead atoms. The van der Waals surface area contributed by atoms with Gasteiger partial charge in [-0.05, 0) is 56.3 Å². The second kappa shape index (κ2) is 6.79. The molecule has 2 heteroatoms. The van der Waals surface area contributed by atoms with Crippen molar-refractivity contribution in [1.82, 2.24) is 5.32 Å². The van der Waals surface area contributed by atoms with Gasteiger partial charge in [0.25, 0.3) is 0 Å². The third-order valence-corrected chi connectivity index (χ3v) is 4.12. The van der Waals surface area contributed by atoms with Gasteiger partial charge < -0.3 is 10.2 Å². The number of hydrogen-bond acceptors (Lipinski definition) is 2. The average Bonchev–Trinajstić information content (AvgIpc) is 2.45. The van der Waals surface area contributed by atoms with E-state index in [1.807, 2.05) is 0 Å². The zero-order valence-electron chi connectivity index (χ0n) is 11.8. The van der Waals surface area contributed by atoms with Crippen molar-refractivity contribution in [2.45, 2.75) is 32.6 Å². The summed E-state index contributed by atoms with van der Waals surface area (Å²) in [6.45, 7) is 5.83. The molecular weight excluding hydrogens is 220 g/mol. The minimum absolute atomic E-state index is 0.919. The van der Waals surface area contributed by atoms with E-state index in [-0.39, 0.29) is 0 Å². The van der Waals surface area contributed by atoms with E-state index in [0.29, 0.717) is 0 Å². The Labute approximate surface area is 111 Å². The van der Waals surface area contributed by atoms with Gasteiger partial charge in [-0.1, -0.05) is 25.1 Å². The van der Waals surface area contributed by atoms with E-state index in [1.54, 1.807) is 0 Å². The van der Waals surface area contributed by atoms with E-state index >= 15 is 0 Å². The lowest BCUT2D eigenvalue weighted by Gasteiger charge is -2.27. The van der Waals surface area contributed by atoms with Gasteiger partial charge in [0.2, 0.25) is 0 Å². The largest absolute Gasteiger partial charge is 0.374 e. The minimum Gasteiger partial charge on any atom is -0.374 e. The SMILES string of the molecule is CCc1ccccc1N(C)CCC1CCNCC1. The van der Waals surface area contributed by atoms with Crippen LogP contribution in [0.3, 0.4) is 0 Å². The molecule has 0 aromatic heterocycles. The van der Waals surface area contributed by atoms with Crippen molar-refractivity contribution in [3.63, 3.8) is 0 Å². The fraction of sp³-hybridized carbons (Fsp3) is 0.625. The van der Waals surface area contributed by atoms with E-state index in [1.165, 1.54) is 50.1 Å². The summed E-state index contributed by atoms with van der Waals surface area (Å²) in [5.41, 5.74) is 2.87. The van der Waals surface area contributed by atoms with Gasteiger partial charge in [0.15, 0.2) is 0 Å². The molecule has 1 aliphatic rings. The van der Waals surface area contributed by atoms with Crippen molar-refractivity contribution >= 4 is 5.69 Å².